The predicted octanol–water partition coefficient (Wildman–Crippen LogP) is 0.191. The van der Waals surface area contributed by atoms with Crippen molar-refractivity contribution in [3.05, 3.63) is 35.2 Å². The van der Waals surface area contributed by atoms with Gasteiger partial charge in [-0.3, -0.25) is 9.19 Å². The summed E-state index contributed by atoms with van der Waals surface area (Å²) in [5.41, 5.74) is 3.76. The molecule has 9 heteroatoms. The van der Waals surface area contributed by atoms with Crippen LogP contribution in [0, 0.1) is 13.8 Å². The molecule has 1 unspecified atom stereocenters. The van der Waals surface area contributed by atoms with Crippen molar-refractivity contribution >= 4 is 22.0 Å². The van der Waals surface area contributed by atoms with Crippen molar-refractivity contribution in [2.75, 3.05) is 13.7 Å². The molecular weight excluding hydrogens is 375 g/mol. The number of hydrogen-bond acceptors (Lipinski definition) is 6. The number of imidazole rings is 1. The zero-order valence-electron chi connectivity index (χ0n) is 17.3. The molecule has 3 aromatic heterocycles. The molecule has 0 saturated heterocycles. The minimum atomic E-state index is -1.37. The summed E-state index contributed by atoms with van der Waals surface area (Å²) in [5, 5.41) is 0.378. The van der Waals surface area contributed by atoms with Gasteiger partial charge >= 0.3 is 29.6 Å². The van der Waals surface area contributed by atoms with E-state index in [0.29, 0.717) is 23.3 Å². The average molecular weight is 398 g/mol. The molecule has 7 nitrogen and oxygen atoms in total. The van der Waals surface area contributed by atoms with Gasteiger partial charge in [0.15, 0.2) is 10.8 Å². The second kappa shape index (κ2) is 9.64. The minimum Gasteiger partial charge on any atom is -1.00 e. The van der Waals surface area contributed by atoms with Gasteiger partial charge < -0.3 is 15.9 Å². The average Bonchev–Trinajstić information content (AvgIpc) is 3.04. The predicted molar refractivity (Wildman–Crippen MR) is 101 cm³/mol. The number of aromatic nitrogens is 4. The Morgan fingerprint density at radius 1 is 1.30 bits per heavy atom. The van der Waals surface area contributed by atoms with E-state index in [1.165, 1.54) is 0 Å². The number of nitrogens with one attached hydrogen (secondary N) is 1. The Morgan fingerprint density at radius 3 is 2.78 bits per heavy atom. The maximum Gasteiger partial charge on any atom is 1.00 e. The summed E-state index contributed by atoms with van der Waals surface area (Å²) in [5.74, 6) is 1.54. The first-order valence-electron chi connectivity index (χ1n) is 8.40. The molecule has 0 aromatic carbocycles. The number of H-pyrrole nitrogens is 1. The standard InChI is InChI=1S/C18H22N4O3S.Na.H/c1-5-8-25-17-11(2)9-13-16(21-17)22-18(20-13)26(23)10-14-12(3)15(24-4)6-7-19-14;;/h6-7,9H,5,8,10H2,1-4H3,(H,20,21,22);;/q;+1;-1. The number of aryl methyl sites for hydroxylation is 1. The molecule has 0 bridgehead atoms. The van der Waals surface area contributed by atoms with E-state index >= 15 is 0 Å². The maximum absolute atomic E-state index is 12.8. The second-order valence-corrected chi connectivity index (χ2v) is 7.31. The molecule has 0 radical (unpaired) electrons. The van der Waals surface area contributed by atoms with Crippen LogP contribution in [-0.2, 0) is 16.6 Å². The van der Waals surface area contributed by atoms with Crippen LogP contribution in [0.2, 0.25) is 0 Å². The van der Waals surface area contributed by atoms with Gasteiger partial charge in [0.1, 0.15) is 5.75 Å². The number of aromatic amines is 1. The van der Waals surface area contributed by atoms with Gasteiger partial charge in [0, 0.05) is 17.3 Å². The van der Waals surface area contributed by atoms with E-state index in [1.807, 2.05) is 26.8 Å². The fraction of sp³-hybridized carbons (Fsp3) is 0.389. The monoisotopic (exact) mass is 398 g/mol. The molecule has 3 heterocycles. The molecule has 27 heavy (non-hydrogen) atoms. The van der Waals surface area contributed by atoms with Crippen molar-refractivity contribution in [1.29, 1.82) is 0 Å². The van der Waals surface area contributed by atoms with Gasteiger partial charge in [0.05, 0.1) is 41.5 Å². The summed E-state index contributed by atoms with van der Waals surface area (Å²) >= 11 is 0. The van der Waals surface area contributed by atoms with E-state index in [-0.39, 0.29) is 36.7 Å². The first-order valence-corrected chi connectivity index (χ1v) is 9.72. The van der Waals surface area contributed by atoms with Gasteiger partial charge in [-0.25, -0.2) is 4.98 Å². The van der Waals surface area contributed by atoms with E-state index in [1.54, 1.807) is 19.4 Å². The van der Waals surface area contributed by atoms with Crippen LogP contribution in [0.15, 0.2) is 23.5 Å². The number of methoxy groups -OCH3 is 1. The Bertz CT molecular complexity index is 967. The molecule has 140 valence electrons. The molecule has 3 rings (SSSR count). The second-order valence-electron chi connectivity index (χ2n) is 5.95. The Hall–Kier alpha value is -1.48. The zero-order chi connectivity index (χ0) is 18.7. The van der Waals surface area contributed by atoms with Crippen LogP contribution in [0.1, 0.15) is 31.6 Å². The van der Waals surface area contributed by atoms with Crippen LogP contribution in [0.25, 0.3) is 11.2 Å². The molecule has 0 aliphatic rings. The number of rotatable bonds is 7. The molecule has 0 aliphatic heterocycles. The molecule has 0 fully saturated rings. The SMILES string of the molecule is CCCOc1nc2nc(S(=O)Cc3nccc(OC)c3C)[nH]c2cc1C.[H-].[Na+]. The number of hydrogen-bond donors (Lipinski definition) is 1. The summed E-state index contributed by atoms with van der Waals surface area (Å²) in [6.07, 6.45) is 2.56. The number of pyridine rings is 2. The van der Waals surface area contributed by atoms with E-state index in [9.17, 15) is 4.21 Å². The van der Waals surface area contributed by atoms with Gasteiger partial charge in [-0.1, -0.05) is 6.92 Å². The third kappa shape index (κ3) is 4.87. The Kier molecular flexibility index (Phi) is 7.79. The van der Waals surface area contributed by atoms with E-state index < -0.39 is 10.8 Å². The first-order chi connectivity index (χ1) is 12.5. The fourth-order valence-corrected chi connectivity index (χ4v) is 3.66. The van der Waals surface area contributed by atoms with Crippen molar-refractivity contribution < 1.29 is 44.7 Å². The molecule has 1 atom stereocenters. The molecular formula is C18H23N4NaO3S. The summed E-state index contributed by atoms with van der Waals surface area (Å²) in [6, 6.07) is 3.70. The largest absolute Gasteiger partial charge is 1.00 e. The van der Waals surface area contributed by atoms with Gasteiger partial charge in [-0.2, -0.15) is 4.98 Å². The summed E-state index contributed by atoms with van der Waals surface area (Å²) in [7, 11) is 0.234. The van der Waals surface area contributed by atoms with Crippen LogP contribution in [0.3, 0.4) is 0 Å². The van der Waals surface area contributed by atoms with Crippen molar-refractivity contribution in [3.8, 4) is 11.6 Å². The third-order valence-corrected chi connectivity index (χ3v) is 5.16. The summed E-state index contributed by atoms with van der Waals surface area (Å²) in [6.45, 7) is 6.47. The van der Waals surface area contributed by atoms with Crippen molar-refractivity contribution in [3.63, 3.8) is 0 Å². The topological polar surface area (TPSA) is 90.0 Å². The summed E-state index contributed by atoms with van der Waals surface area (Å²) in [4.78, 5) is 16.2. The first kappa shape index (κ1) is 21.8. The van der Waals surface area contributed by atoms with Crippen molar-refractivity contribution in [2.24, 2.45) is 0 Å². The maximum atomic E-state index is 12.8. The molecule has 3 aromatic rings. The van der Waals surface area contributed by atoms with Crippen LogP contribution in [0.4, 0.5) is 0 Å². The Morgan fingerprint density at radius 2 is 2.07 bits per heavy atom. The van der Waals surface area contributed by atoms with Crippen molar-refractivity contribution in [1.82, 2.24) is 19.9 Å². The third-order valence-electron chi connectivity index (χ3n) is 4.00. The molecule has 0 aliphatic carbocycles. The van der Waals surface area contributed by atoms with Crippen molar-refractivity contribution in [2.45, 2.75) is 38.1 Å². The van der Waals surface area contributed by atoms with Crippen LogP contribution >= 0.6 is 0 Å². The van der Waals surface area contributed by atoms with Crippen LogP contribution < -0.4 is 39.0 Å². The zero-order valence-corrected chi connectivity index (χ0v) is 19.1. The van der Waals surface area contributed by atoms with Gasteiger partial charge in [-0.15, -0.1) is 0 Å². The van der Waals surface area contributed by atoms with Gasteiger partial charge in [-0.05, 0) is 32.4 Å². The molecule has 1 N–H and O–H groups in total. The quantitative estimate of drug-likeness (QED) is 0.572. The minimum absolute atomic E-state index is 0. The number of fused-ring (bicyclic) bond motifs is 1. The molecule has 0 spiro atoms. The van der Waals surface area contributed by atoms with Gasteiger partial charge in [0.2, 0.25) is 5.88 Å². The van der Waals surface area contributed by atoms with E-state index in [0.717, 1.165) is 34.5 Å². The summed E-state index contributed by atoms with van der Waals surface area (Å²) < 4.78 is 23.7. The van der Waals surface area contributed by atoms with Gasteiger partial charge in [0.25, 0.3) is 0 Å². The molecule has 0 saturated carbocycles. The number of ether oxygens (including phenoxy) is 2. The van der Waals surface area contributed by atoms with Crippen LogP contribution in [-0.4, -0.2) is 37.9 Å². The molecule has 0 amide bonds. The van der Waals surface area contributed by atoms with E-state index in [4.69, 9.17) is 9.47 Å². The normalized spacial score (nSPS) is 11.9. The fourth-order valence-electron chi connectivity index (χ4n) is 2.57. The smallest absolute Gasteiger partial charge is 1.00 e. The van der Waals surface area contributed by atoms with Crippen LogP contribution in [0.5, 0.6) is 11.6 Å². The van der Waals surface area contributed by atoms with E-state index in [2.05, 4.69) is 19.9 Å². The number of nitrogens with zero attached hydrogens (tertiary/aromatic N) is 3. The Labute approximate surface area is 184 Å². The Balaban J connectivity index is 0.00000196.